The van der Waals surface area contributed by atoms with Gasteiger partial charge in [0.25, 0.3) is 11.8 Å². The van der Waals surface area contributed by atoms with Crippen molar-refractivity contribution in [1.82, 2.24) is 0 Å². The van der Waals surface area contributed by atoms with E-state index < -0.39 is 5.97 Å². The molecule has 2 amide bonds. The van der Waals surface area contributed by atoms with E-state index in [2.05, 4.69) is 5.32 Å². The minimum absolute atomic E-state index is 0.0944. The normalized spacial score (nSPS) is 12.6. The lowest BCUT2D eigenvalue weighted by Crippen LogP contribution is -2.31. The number of hydrogen-bond donors (Lipinski definition) is 2. The van der Waals surface area contributed by atoms with Crippen molar-refractivity contribution in [3.63, 3.8) is 0 Å². The highest BCUT2D eigenvalue weighted by atomic mass is 32.2. The van der Waals surface area contributed by atoms with Gasteiger partial charge < -0.3 is 15.3 Å². The number of carbonyl (C=O) groups excluding carboxylic acids is 2. The molecule has 1 aliphatic rings. The van der Waals surface area contributed by atoms with Crippen LogP contribution < -0.4 is 10.2 Å². The van der Waals surface area contributed by atoms with E-state index in [0.717, 1.165) is 21.7 Å². The van der Waals surface area contributed by atoms with E-state index >= 15 is 0 Å². The van der Waals surface area contributed by atoms with Gasteiger partial charge in [-0.25, -0.2) is 0 Å². The first-order chi connectivity index (χ1) is 18.5. The van der Waals surface area contributed by atoms with Crippen LogP contribution in [-0.2, 0) is 4.79 Å². The zero-order valence-corrected chi connectivity index (χ0v) is 21.2. The molecule has 0 saturated heterocycles. The summed E-state index contributed by atoms with van der Waals surface area (Å²) in [4.78, 5) is 41.0. The highest BCUT2D eigenvalue weighted by molar-refractivity contribution is 8.03. The Morgan fingerprint density at radius 2 is 1.50 bits per heavy atom. The second-order valence-electron chi connectivity index (χ2n) is 8.67. The molecule has 6 nitrogen and oxygen atoms in total. The molecule has 2 N–H and O–H groups in total. The predicted molar refractivity (Wildman–Crippen MR) is 151 cm³/mol. The maximum absolute atomic E-state index is 13.5. The average molecular weight is 521 g/mol. The molecule has 1 aliphatic heterocycles. The number of carbonyl (C=O) groups is 3. The first kappa shape index (κ1) is 25.0. The van der Waals surface area contributed by atoms with Gasteiger partial charge in [-0.05, 0) is 58.5 Å². The van der Waals surface area contributed by atoms with E-state index in [1.807, 2.05) is 72.8 Å². The van der Waals surface area contributed by atoms with Crippen molar-refractivity contribution >= 4 is 40.9 Å². The minimum Gasteiger partial charge on any atom is -0.481 e. The zero-order chi connectivity index (χ0) is 26.5. The van der Waals surface area contributed by atoms with Gasteiger partial charge >= 0.3 is 5.97 Å². The standard InChI is InChI=1S/C31H24N2O4S/c34-29(35)20-24-18-19-33(27-12-6-7-13-28(27)38-24)31(37)22-14-16-23(17-15-22)32-30(36)26-11-5-4-10-25(26)21-8-2-1-3-9-21/h1-18H,19-20H2,(H,32,36)(H,34,35). The van der Waals surface area contributed by atoms with Crippen LogP contribution in [0, 0.1) is 0 Å². The lowest BCUT2D eigenvalue weighted by molar-refractivity contribution is -0.136. The third kappa shape index (κ3) is 5.53. The van der Waals surface area contributed by atoms with E-state index in [0.29, 0.717) is 21.7 Å². The highest BCUT2D eigenvalue weighted by Gasteiger charge is 2.24. The predicted octanol–water partition coefficient (Wildman–Crippen LogP) is 6.72. The number of amides is 2. The molecule has 0 atom stereocenters. The monoisotopic (exact) mass is 520 g/mol. The van der Waals surface area contributed by atoms with Gasteiger partial charge in [-0.1, -0.05) is 78.5 Å². The topological polar surface area (TPSA) is 86.7 Å². The third-order valence-electron chi connectivity index (χ3n) is 6.12. The summed E-state index contributed by atoms with van der Waals surface area (Å²) in [6.45, 7) is 0.264. The molecule has 0 radical (unpaired) electrons. The second-order valence-corrected chi connectivity index (χ2v) is 9.84. The second kappa shape index (κ2) is 11.2. The number of nitrogens with zero attached hydrogens (tertiary/aromatic N) is 1. The highest BCUT2D eigenvalue weighted by Crippen LogP contribution is 2.39. The van der Waals surface area contributed by atoms with E-state index in [4.69, 9.17) is 0 Å². The first-order valence-corrected chi connectivity index (χ1v) is 12.9. The number of aliphatic carboxylic acids is 1. The Hall–Kier alpha value is -4.62. The molecule has 0 fully saturated rings. The van der Waals surface area contributed by atoms with Crippen molar-refractivity contribution in [3.05, 3.63) is 125 Å². The number of carboxylic acids is 1. The molecule has 0 saturated carbocycles. The summed E-state index contributed by atoms with van der Waals surface area (Å²) in [7, 11) is 0. The Labute approximate surface area is 224 Å². The molecular weight excluding hydrogens is 496 g/mol. The smallest absolute Gasteiger partial charge is 0.308 e. The number of para-hydroxylation sites is 1. The molecule has 0 bridgehead atoms. The number of hydrogen-bond acceptors (Lipinski definition) is 4. The maximum Gasteiger partial charge on any atom is 0.308 e. The van der Waals surface area contributed by atoms with Crippen LogP contribution in [0.15, 0.2) is 119 Å². The van der Waals surface area contributed by atoms with Crippen molar-refractivity contribution in [2.24, 2.45) is 0 Å². The van der Waals surface area contributed by atoms with Crippen LogP contribution in [0.2, 0.25) is 0 Å². The van der Waals surface area contributed by atoms with Gasteiger partial charge in [-0.2, -0.15) is 0 Å². The van der Waals surface area contributed by atoms with Crippen LogP contribution >= 0.6 is 11.8 Å². The molecule has 4 aromatic rings. The van der Waals surface area contributed by atoms with Crippen LogP contribution in [0.1, 0.15) is 27.1 Å². The van der Waals surface area contributed by atoms with Gasteiger partial charge in [0.2, 0.25) is 0 Å². The number of thioether (sulfide) groups is 1. The van der Waals surface area contributed by atoms with Gasteiger partial charge in [0, 0.05) is 28.3 Å². The molecule has 0 spiro atoms. The van der Waals surface area contributed by atoms with Gasteiger partial charge in [0.1, 0.15) is 0 Å². The summed E-state index contributed by atoms with van der Waals surface area (Å²) < 4.78 is 0. The first-order valence-electron chi connectivity index (χ1n) is 12.0. The van der Waals surface area contributed by atoms with Crippen molar-refractivity contribution < 1.29 is 19.5 Å². The number of carboxylic acid groups (broad SMARTS) is 1. The summed E-state index contributed by atoms with van der Waals surface area (Å²) in [6, 6.07) is 31.4. The quantitative estimate of drug-likeness (QED) is 0.295. The molecule has 5 rings (SSSR count). The van der Waals surface area contributed by atoms with Gasteiger partial charge in [-0.15, -0.1) is 0 Å². The number of rotatable bonds is 6. The van der Waals surface area contributed by atoms with Gasteiger partial charge in [0.15, 0.2) is 0 Å². The van der Waals surface area contributed by atoms with Crippen LogP contribution in [-0.4, -0.2) is 29.4 Å². The SMILES string of the molecule is O=C(O)CC1=CCN(C(=O)c2ccc(NC(=O)c3ccccc3-c3ccccc3)cc2)c2ccccc2S1. The van der Waals surface area contributed by atoms with Crippen LogP contribution in [0.5, 0.6) is 0 Å². The summed E-state index contributed by atoms with van der Waals surface area (Å²) in [5, 5.41) is 12.2. The Morgan fingerprint density at radius 3 is 2.26 bits per heavy atom. The summed E-state index contributed by atoms with van der Waals surface area (Å²) in [5.41, 5.74) is 4.11. The van der Waals surface area contributed by atoms with E-state index in [1.54, 1.807) is 41.3 Å². The van der Waals surface area contributed by atoms with Crippen molar-refractivity contribution in [2.75, 3.05) is 16.8 Å². The number of fused-ring (bicyclic) bond motifs is 1. The van der Waals surface area contributed by atoms with Crippen LogP contribution in [0.25, 0.3) is 11.1 Å². The summed E-state index contributed by atoms with van der Waals surface area (Å²) in [6.07, 6.45) is 1.69. The Balaban J connectivity index is 1.35. The lowest BCUT2D eigenvalue weighted by Gasteiger charge is -2.22. The van der Waals surface area contributed by atoms with Crippen molar-refractivity contribution in [1.29, 1.82) is 0 Å². The molecular formula is C31H24N2O4S. The van der Waals surface area contributed by atoms with Gasteiger partial charge in [-0.3, -0.25) is 14.4 Å². The Bertz CT molecular complexity index is 1530. The number of anilines is 2. The van der Waals surface area contributed by atoms with Gasteiger partial charge in [0.05, 0.1) is 12.1 Å². The molecule has 188 valence electrons. The van der Waals surface area contributed by atoms with E-state index in [1.165, 1.54) is 11.8 Å². The van der Waals surface area contributed by atoms with Crippen molar-refractivity contribution in [3.8, 4) is 11.1 Å². The Morgan fingerprint density at radius 1 is 0.816 bits per heavy atom. The molecule has 1 heterocycles. The molecule has 4 aromatic carbocycles. The number of benzene rings is 4. The van der Waals surface area contributed by atoms with Crippen molar-refractivity contribution in [2.45, 2.75) is 11.3 Å². The molecule has 0 unspecified atom stereocenters. The molecule has 0 aromatic heterocycles. The molecule has 7 heteroatoms. The van der Waals surface area contributed by atoms with Crippen LogP contribution in [0.3, 0.4) is 0 Å². The fraction of sp³-hybridized carbons (Fsp3) is 0.0645. The Kier molecular flexibility index (Phi) is 7.38. The fourth-order valence-corrected chi connectivity index (χ4v) is 5.36. The molecule has 38 heavy (non-hydrogen) atoms. The van der Waals surface area contributed by atoms with Crippen LogP contribution in [0.4, 0.5) is 11.4 Å². The minimum atomic E-state index is -0.912. The third-order valence-corrected chi connectivity index (χ3v) is 7.25. The fourth-order valence-electron chi connectivity index (χ4n) is 4.29. The lowest BCUT2D eigenvalue weighted by atomic mass is 9.99. The van der Waals surface area contributed by atoms with E-state index in [9.17, 15) is 19.5 Å². The maximum atomic E-state index is 13.5. The zero-order valence-electron chi connectivity index (χ0n) is 20.3. The molecule has 0 aliphatic carbocycles. The summed E-state index contributed by atoms with van der Waals surface area (Å²) in [5.74, 6) is -1.36. The van der Waals surface area contributed by atoms with E-state index in [-0.39, 0.29) is 24.8 Å². The number of nitrogens with one attached hydrogen (secondary N) is 1. The average Bonchev–Trinajstić information content (AvgIpc) is 3.12. The largest absolute Gasteiger partial charge is 0.481 e. The summed E-state index contributed by atoms with van der Waals surface area (Å²) >= 11 is 1.37.